The number of aryl methyl sites for hydroxylation is 1. The Kier molecular flexibility index (Phi) is 8.18. The van der Waals surface area contributed by atoms with Crippen molar-refractivity contribution in [3.05, 3.63) is 29.8 Å². The van der Waals surface area contributed by atoms with Gasteiger partial charge in [-0.15, -0.1) is 17.0 Å². The van der Waals surface area contributed by atoms with Crippen molar-refractivity contribution in [1.82, 2.24) is 5.06 Å². The van der Waals surface area contributed by atoms with E-state index in [1.807, 2.05) is 26.0 Å². The third-order valence-electron chi connectivity index (χ3n) is 3.55. The fourth-order valence-electron chi connectivity index (χ4n) is 2.42. The minimum Gasteiger partial charge on any atom is -0.494 e. The Morgan fingerprint density at radius 3 is 2.40 bits per heavy atom. The van der Waals surface area contributed by atoms with E-state index in [4.69, 9.17) is 21.0 Å². The van der Waals surface area contributed by atoms with E-state index in [0.717, 1.165) is 31.6 Å². The van der Waals surface area contributed by atoms with Gasteiger partial charge in [-0.05, 0) is 50.8 Å². The molecule has 7 nitrogen and oxygen atoms in total. The van der Waals surface area contributed by atoms with E-state index in [0.29, 0.717) is 6.61 Å². The molecule has 0 aromatic heterocycles. The molecule has 1 heterocycles. The van der Waals surface area contributed by atoms with Crippen LogP contribution in [0.2, 0.25) is 0 Å². The topological polar surface area (TPSA) is 98.5 Å². The molecule has 140 valence electrons. The number of nitrogens with two attached hydrogens (primary N) is 2. The third-order valence-corrected chi connectivity index (χ3v) is 3.55. The summed E-state index contributed by atoms with van der Waals surface area (Å²) in [5.41, 5.74) is 12.1. The number of guanidine groups is 2. The van der Waals surface area contributed by atoms with Crippen LogP contribution in [0.3, 0.4) is 0 Å². The van der Waals surface area contributed by atoms with Crippen LogP contribution < -0.4 is 16.2 Å². The van der Waals surface area contributed by atoms with Crippen LogP contribution in [0.5, 0.6) is 5.75 Å². The van der Waals surface area contributed by atoms with Crippen LogP contribution in [-0.2, 0) is 11.3 Å². The Labute approximate surface area is 159 Å². The first-order valence-electron chi connectivity index (χ1n) is 8.27. The van der Waals surface area contributed by atoms with E-state index in [-0.39, 0.29) is 28.9 Å². The molecule has 4 N–H and O–H groups in total. The Morgan fingerprint density at radius 1 is 1.12 bits per heavy atom. The van der Waals surface area contributed by atoms with Crippen LogP contribution in [-0.4, -0.2) is 35.9 Å². The number of hydroxylamine groups is 2. The molecular weight excluding hydrogens is 386 g/mol. The number of aliphatic imine (C=N–C) groups is 2. The summed E-state index contributed by atoms with van der Waals surface area (Å²) in [4.78, 5) is 13.9. The lowest BCUT2D eigenvalue weighted by molar-refractivity contribution is -0.157. The molecular formula is C17H28BrN5O2. The zero-order chi connectivity index (χ0) is 17.6. The second-order valence-corrected chi connectivity index (χ2v) is 6.16. The number of nitrogens with zero attached hydrogens (tertiary/aromatic N) is 3. The van der Waals surface area contributed by atoms with Crippen molar-refractivity contribution in [2.45, 2.75) is 45.7 Å². The molecule has 25 heavy (non-hydrogen) atoms. The van der Waals surface area contributed by atoms with Gasteiger partial charge >= 0.3 is 0 Å². The molecule has 2 rings (SSSR count). The SMILES string of the molecule is Br.CCCOc1ccc(CCCON2C(N)=NC(N)=NC2(C)C)cc1. The van der Waals surface area contributed by atoms with Gasteiger partial charge in [0.25, 0.3) is 0 Å². The standard InChI is InChI=1S/C17H27N5O2.BrH/c1-4-11-23-14-9-7-13(8-10-14)6-5-12-24-22-16(19)20-15(18)21-17(22,2)3;/h7-10H,4-6,11-12H2,1-3H3,(H4,18,19,20,21);1H. The van der Waals surface area contributed by atoms with Gasteiger partial charge in [-0.3, -0.25) is 4.84 Å². The van der Waals surface area contributed by atoms with Crippen molar-refractivity contribution in [2.75, 3.05) is 13.2 Å². The molecule has 1 aromatic carbocycles. The highest BCUT2D eigenvalue weighted by atomic mass is 79.9. The van der Waals surface area contributed by atoms with Crippen molar-refractivity contribution in [3.63, 3.8) is 0 Å². The van der Waals surface area contributed by atoms with Crippen LogP contribution in [0, 0.1) is 0 Å². The Bertz CT molecular complexity index is 602. The van der Waals surface area contributed by atoms with E-state index in [2.05, 4.69) is 29.0 Å². The summed E-state index contributed by atoms with van der Waals surface area (Å²) in [6, 6.07) is 8.16. The lowest BCUT2D eigenvalue weighted by Gasteiger charge is -2.36. The van der Waals surface area contributed by atoms with Crippen LogP contribution >= 0.6 is 17.0 Å². The number of halogens is 1. The predicted molar refractivity (Wildman–Crippen MR) is 106 cm³/mol. The number of hydrogen-bond donors (Lipinski definition) is 2. The first kappa shape index (κ1) is 21.2. The maximum atomic E-state index is 5.87. The van der Waals surface area contributed by atoms with Crippen LogP contribution in [0.1, 0.15) is 39.2 Å². The highest BCUT2D eigenvalue weighted by Gasteiger charge is 2.32. The molecule has 0 atom stereocenters. The van der Waals surface area contributed by atoms with Gasteiger partial charge in [0.05, 0.1) is 13.2 Å². The zero-order valence-corrected chi connectivity index (χ0v) is 16.8. The van der Waals surface area contributed by atoms with Crippen molar-refractivity contribution in [1.29, 1.82) is 0 Å². The fraction of sp³-hybridized carbons (Fsp3) is 0.529. The summed E-state index contributed by atoms with van der Waals surface area (Å²) in [7, 11) is 0. The molecule has 0 saturated carbocycles. The second kappa shape index (κ2) is 9.62. The van der Waals surface area contributed by atoms with E-state index in [9.17, 15) is 0 Å². The van der Waals surface area contributed by atoms with Gasteiger partial charge in [-0.25, -0.2) is 4.99 Å². The van der Waals surface area contributed by atoms with Gasteiger partial charge < -0.3 is 16.2 Å². The highest BCUT2D eigenvalue weighted by molar-refractivity contribution is 8.93. The first-order chi connectivity index (χ1) is 11.4. The fourth-order valence-corrected chi connectivity index (χ4v) is 2.42. The molecule has 0 radical (unpaired) electrons. The lowest BCUT2D eigenvalue weighted by Crippen LogP contribution is -2.53. The molecule has 1 aromatic rings. The van der Waals surface area contributed by atoms with Gasteiger partial charge in [-0.1, -0.05) is 19.1 Å². The molecule has 1 aliphatic heterocycles. The largest absolute Gasteiger partial charge is 0.494 e. The van der Waals surface area contributed by atoms with Gasteiger partial charge in [0.15, 0.2) is 5.66 Å². The number of rotatable bonds is 8. The molecule has 0 fully saturated rings. The monoisotopic (exact) mass is 413 g/mol. The van der Waals surface area contributed by atoms with Crippen LogP contribution in [0.25, 0.3) is 0 Å². The Morgan fingerprint density at radius 2 is 1.80 bits per heavy atom. The minimum atomic E-state index is -0.659. The van der Waals surface area contributed by atoms with Crippen molar-refractivity contribution in [2.24, 2.45) is 21.5 Å². The summed E-state index contributed by atoms with van der Waals surface area (Å²) >= 11 is 0. The molecule has 0 saturated heterocycles. The van der Waals surface area contributed by atoms with Crippen LogP contribution in [0.15, 0.2) is 34.3 Å². The Hall–Kier alpha value is -1.80. The summed E-state index contributed by atoms with van der Waals surface area (Å²) in [5.74, 6) is 1.30. The third kappa shape index (κ3) is 6.21. The lowest BCUT2D eigenvalue weighted by atomic mass is 10.1. The zero-order valence-electron chi connectivity index (χ0n) is 15.1. The van der Waals surface area contributed by atoms with E-state index in [1.165, 1.54) is 10.6 Å². The smallest absolute Gasteiger partial charge is 0.226 e. The van der Waals surface area contributed by atoms with Crippen molar-refractivity contribution in [3.8, 4) is 5.75 Å². The normalized spacial score (nSPS) is 15.9. The summed E-state index contributed by atoms with van der Waals surface area (Å²) in [6.45, 7) is 7.10. The predicted octanol–water partition coefficient (Wildman–Crippen LogP) is 2.60. The molecule has 0 bridgehead atoms. The van der Waals surface area contributed by atoms with E-state index in [1.54, 1.807) is 0 Å². The molecule has 0 spiro atoms. The average molecular weight is 414 g/mol. The van der Waals surface area contributed by atoms with Crippen molar-refractivity contribution < 1.29 is 9.57 Å². The van der Waals surface area contributed by atoms with E-state index >= 15 is 0 Å². The van der Waals surface area contributed by atoms with Gasteiger partial charge in [0, 0.05) is 0 Å². The van der Waals surface area contributed by atoms with Gasteiger partial charge in [0.1, 0.15) is 5.75 Å². The molecule has 1 aliphatic rings. The maximum Gasteiger partial charge on any atom is 0.226 e. The quantitative estimate of drug-likeness (QED) is 0.638. The average Bonchev–Trinajstić information content (AvgIpc) is 2.51. The maximum absolute atomic E-state index is 5.87. The molecule has 0 amide bonds. The summed E-state index contributed by atoms with van der Waals surface area (Å²) in [5, 5.41) is 1.51. The molecule has 8 heteroatoms. The highest BCUT2D eigenvalue weighted by Crippen LogP contribution is 2.20. The Balaban J connectivity index is 0.00000312. The summed E-state index contributed by atoms with van der Waals surface area (Å²) in [6.07, 6.45) is 2.77. The number of hydrogen-bond acceptors (Lipinski definition) is 7. The van der Waals surface area contributed by atoms with Gasteiger partial charge in [0.2, 0.25) is 11.9 Å². The number of benzene rings is 1. The molecule has 0 aliphatic carbocycles. The first-order valence-corrected chi connectivity index (χ1v) is 8.27. The number of ether oxygens (including phenoxy) is 1. The van der Waals surface area contributed by atoms with Crippen LogP contribution in [0.4, 0.5) is 0 Å². The molecule has 0 unspecified atom stereocenters. The second-order valence-electron chi connectivity index (χ2n) is 6.16. The minimum absolute atomic E-state index is 0. The van der Waals surface area contributed by atoms with Crippen molar-refractivity contribution >= 4 is 28.9 Å². The van der Waals surface area contributed by atoms with Gasteiger partial charge in [-0.2, -0.15) is 10.1 Å². The summed E-state index contributed by atoms with van der Waals surface area (Å²) < 4.78 is 5.58. The van der Waals surface area contributed by atoms with E-state index < -0.39 is 5.66 Å².